The molecular weight excluding hydrogens is 471 g/mol. The highest BCUT2D eigenvalue weighted by Crippen LogP contribution is 2.28. The molecule has 2 N–H and O–H groups in total. The molecule has 0 atom stereocenters. The van der Waals surface area contributed by atoms with E-state index in [1.54, 1.807) is 7.05 Å². The van der Waals surface area contributed by atoms with Crippen molar-refractivity contribution in [1.82, 2.24) is 15.5 Å². The van der Waals surface area contributed by atoms with Gasteiger partial charge in [-0.2, -0.15) is 0 Å². The normalized spacial score (nSPS) is 13.5. The third-order valence-corrected chi connectivity index (χ3v) is 4.29. The Hall–Kier alpha value is -1.55. The summed E-state index contributed by atoms with van der Waals surface area (Å²) >= 11 is 0. The van der Waals surface area contributed by atoms with Crippen LogP contribution in [0.3, 0.4) is 0 Å². The third kappa shape index (κ3) is 9.59. The summed E-state index contributed by atoms with van der Waals surface area (Å²) in [5, 5.41) is 6.06. The Balaban J connectivity index is 0.00000392. The van der Waals surface area contributed by atoms with Crippen LogP contribution in [0.4, 0.5) is 0 Å². The van der Waals surface area contributed by atoms with Crippen LogP contribution in [-0.2, 0) is 16.1 Å². The van der Waals surface area contributed by atoms with Gasteiger partial charge in [0.2, 0.25) is 0 Å². The molecule has 1 amide bonds. The lowest BCUT2D eigenvalue weighted by Gasteiger charge is -2.22. The van der Waals surface area contributed by atoms with Gasteiger partial charge in [-0.15, -0.1) is 24.0 Å². The maximum atomic E-state index is 11.5. The molecule has 0 saturated heterocycles. The lowest BCUT2D eigenvalue weighted by atomic mass is 10.2. The first-order valence-corrected chi connectivity index (χ1v) is 9.60. The first-order chi connectivity index (χ1) is 13.1. The highest BCUT2D eigenvalue weighted by Gasteiger charge is 2.21. The number of nitrogens with one attached hydrogen (secondary N) is 2. The second-order valence-corrected chi connectivity index (χ2v) is 6.73. The summed E-state index contributed by atoms with van der Waals surface area (Å²) < 4.78 is 11.2. The number of benzene rings is 1. The van der Waals surface area contributed by atoms with Crippen molar-refractivity contribution >= 4 is 35.8 Å². The van der Waals surface area contributed by atoms with E-state index in [4.69, 9.17) is 9.47 Å². The van der Waals surface area contributed by atoms with E-state index in [0.717, 1.165) is 30.6 Å². The Morgan fingerprint density at radius 3 is 2.79 bits per heavy atom. The van der Waals surface area contributed by atoms with Crippen LogP contribution in [0.25, 0.3) is 0 Å². The van der Waals surface area contributed by atoms with Gasteiger partial charge >= 0.3 is 0 Å². The fraction of sp³-hybridized carbons (Fsp3) is 0.600. The summed E-state index contributed by atoms with van der Waals surface area (Å²) in [6.07, 6.45) is 2.62. The summed E-state index contributed by atoms with van der Waals surface area (Å²) in [6, 6.07) is 7.71. The molecule has 0 aliphatic heterocycles. The Morgan fingerprint density at radius 1 is 1.32 bits per heavy atom. The highest BCUT2D eigenvalue weighted by atomic mass is 127. The van der Waals surface area contributed by atoms with Crippen LogP contribution in [0, 0.1) is 5.92 Å². The smallest absolute Gasteiger partial charge is 0.257 e. The molecule has 8 heteroatoms. The second-order valence-electron chi connectivity index (χ2n) is 6.73. The van der Waals surface area contributed by atoms with E-state index in [-0.39, 0.29) is 36.5 Å². The zero-order valence-electron chi connectivity index (χ0n) is 17.1. The van der Waals surface area contributed by atoms with Crippen LogP contribution < -0.4 is 15.4 Å². The fourth-order valence-electron chi connectivity index (χ4n) is 2.55. The molecule has 1 aliphatic rings. The van der Waals surface area contributed by atoms with Gasteiger partial charge in [0.15, 0.2) is 12.6 Å². The van der Waals surface area contributed by atoms with Gasteiger partial charge in [0.05, 0.1) is 6.61 Å². The predicted octanol–water partition coefficient (Wildman–Crippen LogP) is 2.25. The molecular formula is C20H33IN4O3. The average molecular weight is 504 g/mol. The number of carbonyl (C=O) groups is 1. The van der Waals surface area contributed by atoms with Crippen LogP contribution in [0.15, 0.2) is 29.3 Å². The molecule has 1 fully saturated rings. The van der Waals surface area contributed by atoms with Crippen molar-refractivity contribution in [3.63, 3.8) is 0 Å². The van der Waals surface area contributed by atoms with Crippen LogP contribution in [0.1, 0.15) is 25.3 Å². The van der Waals surface area contributed by atoms with Crippen molar-refractivity contribution in [2.45, 2.75) is 26.3 Å². The van der Waals surface area contributed by atoms with E-state index in [1.807, 2.05) is 38.2 Å². The molecule has 7 nitrogen and oxygen atoms in total. The fourth-order valence-corrected chi connectivity index (χ4v) is 2.55. The highest BCUT2D eigenvalue weighted by molar-refractivity contribution is 14.0. The van der Waals surface area contributed by atoms with Crippen molar-refractivity contribution in [1.29, 1.82) is 0 Å². The minimum atomic E-state index is -0.119. The molecule has 1 aliphatic carbocycles. The monoisotopic (exact) mass is 504 g/mol. The lowest BCUT2D eigenvalue weighted by Crippen LogP contribution is -2.40. The molecule has 0 unspecified atom stereocenters. The van der Waals surface area contributed by atoms with E-state index in [2.05, 4.69) is 20.5 Å². The average Bonchev–Trinajstić information content (AvgIpc) is 3.49. The minimum Gasteiger partial charge on any atom is -0.484 e. The van der Waals surface area contributed by atoms with Crippen molar-refractivity contribution < 1.29 is 14.3 Å². The van der Waals surface area contributed by atoms with Crippen molar-refractivity contribution in [3.05, 3.63) is 29.8 Å². The Morgan fingerprint density at radius 2 is 2.11 bits per heavy atom. The molecule has 1 aromatic carbocycles. The number of hydrogen-bond acceptors (Lipinski definition) is 4. The maximum Gasteiger partial charge on any atom is 0.257 e. The number of nitrogens with zero attached hydrogens (tertiary/aromatic N) is 2. The van der Waals surface area contributed by atoms with Crippen molar-refractivity contribution in [3.8, 4) is 5.75 Å². The lowest BCUT2D eigenvalue weighted by molar-refractivity contribution is -0.122. The number of likely N-dealkylation sites (N-methyl/N-ethyl adjacent to an activating group) is 2. The molecule has 0 heterocycles. The molecule has 0 aromatic heterocycles. The number of carbonyl (C=O) groups excluding carboxylic acids is 1. The van der Waals surface area contributed by atoms with E-state index in [1.165, 1.54) is 12.8 Å². The van der Waals surface area contributed by atoms with Crippen LogP contribution in [0.5, 0.6) is 5.75 Å². The van der Waals surface area contributed by atoms with Gasteiger partial charge in [-0.05, 0) is 43.4 Å². The molecule has 1 aromatic rings. The zero-order valence-corrected chi connectivity index (χ0v) is 19.4. The molecule has 28 heavy (non-hydrogen) atoms. The topological polar surface area (TPSA) is 75.2 Å². The van der Waals surface area contributed by atoms with Crippen molar-refractivity contribution in [2.75, 3.05) is 47.0 Å². The van der Waals surface area contributed by atoms with Gasteiger partial charge in [-0.3, -0.25) is 9.79 Å². The quantitative estimate of drug-likeness (QED) is 0.209. The predicted molar refractivity (Wildman–Crippen MR) is 122 cm³/mol. The van der Waals surface area contributed by atoms with E-state index < -0.39 is 0 Å². The number of hydrogen-bond donors (Lipinski definition) is 2. The largest absolute Gasteiger partial charge is 0.484 e. The Bertz CT molecular complexity index is 623. The standard InChI is InChI=1S/C20H32N4O3.HI/c1-4-22-19(25)15-27-18-7-5-6-17(12-18)13-23-20(21-2)24(3)10-11-26-14-16-8-9-16;/h5-7,12,16H,4,8-11,13-15H2,1-3H3,(H,21,23)(H,22,25);1H. The summed E-state index contributed by atoms with van der Waals surface area (Å²) in [4.78, 5) is 17.9. The summed E-state index contributed by atoms with van der Waals surface area (Å²) in [6.45, 7) is 5.51. The maximum absolute atomic E-state index is 11.5. The molecule has 2 rings (SSSR count). The molecule has 0 radical (unpaired) electrons. The van der Waals surface area contributed by atoms with Gasteiger partial charge in [0, 0.05) is 40.3 Å². The number of rotatable bonds is 11. The third-order valence-electron chi connectivity index (χ3n) is 4.29. The SMILES string of the molecule is CCNC(=O)COc1cccc(CNC(=NC)N(C)CCOCC2CC2)c1.I. The van der Waals surface area contributed by atoms with E-state index >= 15 is 0 Å². The van der Waals surface area contributed by atoms with Crippen LogP contribution in [0.2, 0.25) is 0 Å². The van der Waals surface area contributed by atoms with Crippen LogP contribution in [-0.4, -0.2) is 63.8 Å². The number of amides is 1. The Kier molecular flexibility index (Phi) is 11.9. The van der Waals surface area contributed by atoms with E-state index in [0.29, 0.717) is 25.4 Å². The van der Waals surface area contributed by atoms with Gasteiger partial charge in [-0.25, -0.2) is 0 Å². The first-order valence-electron chi connectivity index (χ1n) is 9.60. The number of guanidine groups is 1. The van der Waals surface area contributed by atoms with E-state index in [9.17, 15) is 4.79 Å². The number of aliphatic imine (C=N–C) groups is 1. The van der Waals surface area contributed by atoms with Crippen molar-refractivity contribution in [2.24, 2.45) is 10.9 Å². The Labute approximate surface area is 185 Å². The minimum absolute atomic E-state index is 0. The molecule has 1 saturated carbocycles. The first kappa shape index (κ1) is 24.5. The summed E-state index contributed by atoms with van der Waals surface area (Å²) in [5.74, 6) is 2.17. The zero-order chi connectivity index (χ0) is 19.5. The second kappa shape index (κ2) is 13.6. The van der Waals surface area contributed by atoms with Gasteiger partial charge in [0.1, 0.15) is 5.75 Å². The summed E-state index contributed by atoms with van der Waals surface area (Å²) in [7, 11) is 3.78. The molecule has 0 spiro atoms. The van der Waals surface area contributed by atoms with Gasteiger partial charge < -0.3 is 25.0 Å². The van der Waals surface area contributed by atoms with Gasteiger partial charge in [-0.1, -0.05) is 12.1 Å². The van der Waals surface area contributed by atoms with Crippen LogP contribution >= 0.6 is 24.0 Å². The molecule has 158 valence electrons. The molecule has 0 bridgehead atoms. The number of ether oxygens (including phenoxy) is 2. The number of halogens is 1. The summed E-state index contributed by atoms with van der Waals surface area (Å²) in [5.41, 5.74) is 1.06. The van der Waals surface area contributed by atoms with Gasteiger partial charge in [0.25, 0.3) is 5.91 Å².